The summed E-state index contributed by atoms with van der Waals surface area (Å²) in [6.07, 6.45) is 0. The molecule has 0 radical (unpaired) electrons. The molecular formula is C15H15ClN4O. The van der Waals surface area contributed by atoms with E-state index in [2.05, 4.69) is 21.4 Å². The van der Waals surface area contributed by atoms with Gasteiger partial charge in [0.15, 0.2) is 5.82 Å². The van der Waals surface area contributed by atoms with Gasteiger partial charge in [0.2, 0.25) is 0 Å². The highest BCUT2D eigenvalue weighted by atomic mass is 35.5. The first kappa shape index (κ1) is 15.2. The molecule has 0 spiro atoms. The molecule has 0 aliphatic heterocycles. The van der Waals surface area contributed by atoms with Crippen LogP contribution in [-0.4, -0.2) is 16.6 Å². The first-order chi connectivity index (χ1) is 10.2. The molecule has 1 aromatic heterocycles. The maximum atomic E-state index is 8.88. The van der Waals surface area contributed by atoms with Crippen molar-refractivity contribution in [1.29, 1.82) is 5.26 Å². The molecule has 1 aromatic carbocycles. The Balaban J connectivity index is 2.05. The number of hydrogen-bond acceptors (Lipinski definition) is 5. The minimum Gasteiger partial charge on any atom is -0.374 e. The molecule has 21 heavy (non-hydrogen) atoms. The lowest BCUT2D eigenvalue weighted by Crippen LogP contribution is -2.06. The van der Waals surface area contributed by atoms with Gasteiger partial charge in [0.25, 0.3) is 0 Å². The number of aromatic nitrogens is 2. The first-order valence-electron chi connectivity index (χ1n) is 6.55. The van der Waals surface area contributed by atoms with E-state index in [-0.39, 0.29) is 0 Å². The third kappa shape index (κ3) is 4.71. The van der Waals surface area contributed by atoms with Crippen LogP contribution < -0.4 is 5.32 Å². The smallest absolute Gasteiger partial charge is 0.158 e. The minimum atomic E-state index is 0.329. The van der Waals surface area contributed by atoms with Crippen molar-refractivity contribution in [3.8, 4) is 6.07 Å². The molecule has 108 valence electrons. The average molecular weight is 303 g/mol. The van der Waals surface area contributed by atoms with Gasteiger partial charge in [0.05, 0.1) is 11.6 Å². The summed E-state index contributed by atoms with van der Waals surface area (Å²) in [6.45, 7) is 3.39. The second kappa shape index (κ2) is 7.58. The highest BCUT2D eigenvalue weighted by molar-refractivity contribution is 6.29. The monoisotopic (exact) mass is 302 g/mol. The number of anilines is 1. The SMILES string of the molecule is CCOCc1nc(Cl)cc(NCc2cccc(C#N)c2)n1. The number of hydrogen-bond donors (Lipinski definition) is 1. The highest BCUT2D eigenvalue weighted by Gasteiger charge is 2.04. The lowest BCUT2D eigenvalue weighted by atomic mass is 10.1. The zero-order valence-electron chi connectivity index (χ0n) is 11.6. The number of nitrogens with one attached hydrogen (secondary N) is 1. The zero-order chi connectivity index (χ0) is 15.1. The van der Waals surface area contributed by atoms with Gasteiger partial charge in [0.1, 0.15) is 17.6 Å². The summed E-state index contributed by atoms with van der Waals surface area (Å²) in [5.41, 5.74) is 1.63. The van der Waals surface area contributed by atoms with E-state index < -0.39 is 0 Å². The number of nitriles is 1. The van der Waals surface area contributed by atoms with E-state index in [1.54, 1.807) is 12.1 Å². The van der Waals surface area contributed by atoms with Gasteiger partial charge in [-0.05, 0) is 24.6 Å². The second-order valence-corrected chi connectivity index (χ2v) is 4.68. The van der Waals surface area contributed by atoms with Gasteiger partial charge in [0, 0.05) is 19.2 Å². The van der Waals surface area contributed by atoms with Crippen LogP contribution in [0.1, 0.15) is 23.9 Å². The van der Waals surface area contributed by atoms with Crippen LogP contribution in [0, 0.1) is 11.3 Å². The predicted molar refractivity (Wildman–Crippen MR) is 80.9 cm³/mol. The van der Waals surface area contributed by atoms with Crippen molar-refractivity contribution in [3.63, 3.8) is 0 Å². The largest absolute Gasteiger partial charge is 0.374 e. The average Bonchev–Trinajstić information content (AvgIpc) is 2.50. The summed E-state index contributed by atoms with van der Waals surface area (Å²) >= 11 is 5.97. The summed E-state index contributed by atoms with van der Waals surface area (Å²) in [7, 11) is 0. The van der Waals surface area contributed by atoms with Crippen LogP contribution in [0.4, 0.5) is 5.82 Å². The van der Waals surface area contributed by atoms with Crippen molar-refractivity contribution in [2.45, 2.75) is 20.1 Å². The van der Waals surface area contributed by atoms with Crippen LogP contribution >= 0.6 is 11.6 Å². The number of benzene rings is 1. The fourth-order valence-corrected chi connectivity index (χ4v) is 1.96. The second-order valence-electron chi connectivity index (χ2n) is 4.30. The third-order valence-corrected chi connectivity index (χ3v) is 2.90. The quantitative estimate of drug-likeness (QED) is 0.830. The molecule has 2 rings (SSSR count). The Morgan fingerprint density at radius 3 is 2.95 bits per heavy atom. The molecule has 2 aromatic rings. The van der Waals surface area contributed by atoms with Crippen molar-refractivity contribution < 1.29 is 4.74 Å². The van der Waals surface area contributed by atoms with Gasteiger partial charge < -0.3 is 10.1 Å². The van der Waals surface area contributed by atoms with E-state index in [0.717, 1.165) is 5.56 Å². The molecular weight excluding hydrogens is 288 g/mol. The van der Waals surface area contributed by atoms with Crippen LogP contribution in [0.2, 0.25) is 5.15 Å². The lowest BCUT2D eigenvalue weighted by molar-refractivity contribution is 0.128. The Morgan fingerprint density at radius 2 is 2.19 bits per heavy atom. The predicted octanol–water partition coefficient (Wildman–Crippen LogP) is 3.15. The lowest BCUT2D eigenvalue weighted by Gasteiger charge is -2.08. The summed E-state index contributed by atoms with van der Waals surface area (Å²) in [5, 5.41) is 12.4. The minimum absolute atomic E-state index is 0.329. The Morgan fingerprint density at radius 1 is 1.33 bits per heavy atom. The number of rotatable bonds is 6. The molecule has 0 saturated carbocycles. The van der Waals surface area contributed by atoms with Gasteiger partial charge >= 0.3 is 0 Å². The van der Waals surface area contributed by atoms with Crippen LogP contribution in [0.3, 0.4) is 0 Å². The maximum Gasteiger partial charge on any atom is 0.158 e. The van der Waals surface area contributed by atoms with Crippen molar-refractivity contribution in [2.24, 2.45) is 0 Å². The van der Waals surface area contributed by atoms with Crippen molar-refractivity contribution in [1.82, 2.24) is 9.97 Å². The van der Waals surface area contributed by atoms with Crippen LogP contribution in [-0.2, 0) is 17.9 Å². The van der Waals surface area contributed by atoms with Crippen LogP contribution in [0.25, 0.3) is 0 Å². The fourth-order valence-electron chi connectivity index (χ4n) is 1.76. The van der Waals surface area contributed by atoms with E-state index in [1.807, 2.05) is 25.1 Å². The Hall–Kier alpha value is -2.16. The molecule has 0 unspecified atom stereocenters. The molecule has 0 fully saturated rings. The molecule has 0 aliphatic carbocycles. The Kier molecular flexibility index (Phi) is 5.50. The van der Waals surface area contributed by atoms with E-state index >= 15 is 0 Å². The Labute approximate surface area is 128 Å². The van der Waals surface area contributed by atoms with E-state index in [0.29, 0.717) is 42.1 Å². The van der Waals surface area contributed by atoms with Gasteiger partial charge in [-0.3, -0.25) is 0 Å². The maximum absolute atomic E-state index is 8.88. The topological polar surface area (TPSA) is 70.8 Å². The van der Waals surface area contributed by atoms with E-state index in [9.17, 15) is 0 Å². The van der Waals surface area contributed by atoms with Gasteiger partial charge in [-0.15, -0.1) is 0 Å². The summed E-state index contributed by atoms with van der Waals surface area (Å²) in [5.74, 6) is 1.17. The molecule has 0 amide bonds. The van der Waals surface area contributed by atoms with Crippen LogP contribution in [0.5, 0.6) is 0 Å². The molecule has 6 heteroatoms. The van der Waals surface area contributed by atoms with Crippen LogP contribution in [0.15, 0.2) is 30.3 Å². The van der Waals surface area contributed by atoms with E-state index in [1.165, 1.54) is 0 Å². The molecule has 0 bridgehead atoms. The standard InChI is InChI=1S/C15H15ClN4O/c1-2-21-10-15-19-13(16)7-14(20-15)18-9-12-5-3-4-11(6-12)8-17/h3-7H,2,9-10H2,1H3,(H,18,19,20). The summed E-state index contributed by atoms with van der Waals surface area (Å²) in [4.78, 5) is 8.43. The van der Waals surface area contributed by atoms with Crippen molar-refractivity contribution in [3.05, 3.63) is 52.4 Å². The third-order valence-electron chi connectivity index (χ3n) is 2.71. The Bertz CT molecular complexity index is 654. The molecule has 1 heterocycles. The highest BCUT2D eigenvalue weighted by Crippen LogP contribution is 2.14. The molecule has 0 atom stereocenters. The van der Waals surface area contributed by atoms with Crippen molar-refractivity contribution >= 4 is 17.4 Å². The molecule has 0 saturated heterocycles. The number of ether oxygens (including phenoxy) is 1. The number of nitrogens with zero attached hydrogens (tertiary/aromatic N) is 3. The normalized spacial score (nSPS) is 10.1. The molecule has 0 aliphatic rings. The molecule has 5 nitrogen and oxygen atoms in total. The van der Waals surface area contributed by atoms with Crippen molar-refractivity contribution in [2.75, 3.05) is 11.9 Å². The number of halogens is 1. The van der Waals surface area contributed by atoms with Gasteiger partial charge in [-0.25, -0.2) is 9.97 Å². The first-order valence-corrected chi connectivity index (χ1v) is 6.93. The van der Waals surface area contributed by atoms with Gasteiger partial charge in [-0.1, -0.05) is 23.7 Å². The summed E-state index contributed by atoms with van der Waals surface area (Å²) < 4.78 is 5.28. The molecule has 1 N–H and O–H groups in total. The fraction of sp³-hybridized carbons (Fsp3) is 0.267. The summed E-state index contributed by atoms with van der Waals surface area (Å²) in [6, 6.07) is 11.2. The van der Waals surface area contributed by atoms with Gasteiger partial charge in [-0.2, -0.15) is 5.26 Å². The van der Waals surface area contributed by atoms with E-state index in [4.69, 9.17) is 21.6 Å². The zero-order valence-corrected chi connectivity index (χ0v) is 12.4.